The molecule has 5 rings (SSSR count). The predicted octanol–water partition coefficient (Wildman–Crippen LogP) is 6.46. The number of fused-ring (bicyclic) bond motifs is 2. The first-order chi connectivity index (χ1) is 18.3. The molecule has 38 heavy (non-hydrogen) atoms. The first-order valence-electron chi connectivity index (χ1n) is 12.5. The molecule has 2 aromatic heterocycles. The highest BCUT2D eigenvalue weighted by Gasteiger charge is 2.16. The number of hydrogen-bond donors (Lipinski definition) is 1. The van der Waals surface area contributed by atoms with Gasteiger partial charge in [0.1, 0.15) is 12.4 Å². The Hall–Kier alpha value is -4.04. The summed E-state index contributed by atoms with van der Waals surface area (Å²) in [5, 5.41) is 9.02. The standard InChI is InChI=1S/C30H28BrN5O2/c1-4-20(3)29-34-26-14-11-22(31)15-25(26)30(38)36(29)32-16-21-17-35(27-8-6-5-7-24(21)27)18-28(37)33-23-12-9-19(2)10-13-23/h5-17,20H,4,18H2,1-3H3,(H,33,37)/t20-/m1/s1. The maximum Gasteiger partial charge on any atom is 0.282 e. The summed E-state index contributed by atoms with van der Waals surface area (Å²) in [7, 11) is 0. The molecule has 0 aliphatic carbocycles. The van der Waals surface area contributed by atoms with Crippen molar-refractivity contribution in [3.8, 4) is 0 Å². The summed E-state index contributed by atoms with van der Waals surface area (Å²) in [5.41, 5.74) is 4.03. The fourth-order valence-electron chi connectivity index (χ4n) is 4.40. The number of amides is 1. The largest absolute Gasteiger partial charge is 0.337 e. The number of rotatable bonds is 7. The van der Waals surface area contributed by atoms with Gasteiger partial charge in [-0.15, -0.1) is 0 Å². The van der Waals surface area contributed by atoms with Crippen molar-refractivity contribution >= 4 is 55.5 Å². The quantitative estimate of drug-likeness (QED) is 0.228. The van der Waals surface area contributed by atoms with Gasteiger partial charge < -0.3 is 9.88 Å². The minimum atomic E-state index is -0.218. The molecule has 0 saturated heterocycles. The maximum absolute atomic E-state index is 13.5. The average molecular weight is 570 g/mol. The van der Waals surface area contributed by atoms with Gasteiger partial charge in [-0.2, -0.15) is 9.78 Å². The maximum atomic E-state index is 13.5. The van der Waals surface area contributed by atoms with Gasteiger partial charge in [0.05, 0.1) is 17.1 Å². The van der Waals surface area contributed by atoms with E-state index < -0.39 is 0 Å². The number of hydrogen-bond acceptors (Lipinski definition) is 4. The molecule has 1 amide bonds. The van der Waals surface area contributed by atoms with E-state index in [0.29, 0.717) is 16.7 Å². The average Bonchev–Trinajstić information content (AvgIpc) is 3.26. The van der Waals surface area contributed by atoms with Crippen LogP contribution >= 0.6 is 15.9 Å². The second kappa shape index (κ2) is 10.8. The van der Waals surface area contributed by atoms with Gasteiger partial charge in [-0.25, -0.2) is 4.98 Å². The highest BCUT2D eigenvalue weighted by Crippen LogP contribution is 2.23. The van der Waals surface area contributed by atoms with Crippen LogP contribution in [0.3, 0.4) is 0 Å². The van der Waals surface area contributed by atoms with E-state index in [1.807, 2.05) is 85.3 Å². The Morgan fingerprint density at radius 1 is 1.11 bits per heavy atom. The normalized spacial score (nSPS) is 12.4. The van der Waals surface area contributed by atoms with Gasteiger partial charge in [0, 0.05) is 38.7 Å². The summed E-state index contributed by atoms with van der Waals surface area (Å²) in [6.07, 6.45) is 4.39. The number of carbonyl (C=O) groups is 1. The van der Waals surface area contributed by atoms with E-state index in [2.05, 4.69) is 33.3 Å². The smallest absolute Gasteiger partial charge is 0.282 e. The molecular weight excluding hydrogens is 542 g/mol. The zero-order valence-electron chi connectivity index (χ0n) is 21.5. The van der Waals surface area contributed by atoms with Gasteiger partial charge in [-0.3, -0.25) is 9.59 Å². The molecule has 7 nitrogen and oxygen atoms in total. The molecule has 0 spiro atoms. The fourth-order valence-corrected chi connectivity index (χ4v) is 4.76. The van der Waals surface area contributed by atoms with Crippen LogP contribution in [0.4, 0.5) is 5.69 Å². The first-order valence-corrected chi connectivity index (χ1v) is 13.3. The van der Waals surface area contributed by atoms with E-state index in [1.54, 1.807) is 12.3 Å². The molecule has 0 saturated carbocycles. The molecule has 0 bridgehead atoms. The van der Waals surface area contributed by atoms with Crippen molar-refractivity contribution in [2.75, 3.05) is 5.32 Å². The monoisotopic (exact) mass is 569 g/mol. The highest BCUT2D eigenvalue weighted by molar-refractivity contribution is 9.10. The van der Waals surface area contributed by atoms with Crippen molar-refractivity contribution in [1.82, 2.24) is 14.2 Å². The van der Waals surface area contributed by atoms with E-state index in [0.717, 1.165) is 38.6 Å². The molecule has 0 radical (unpaired) electrons. The number of carbonyl (C=O) groups excluding carboxylic acids is 1. The Bertz CT molecular complexity index is 1730. The summed E-state index contributed by atoms with van der Waals surface area (Å²) >= 11 is 3.45. The third kappa shape index (κ3) is 5.17. The fraction of sp³-hybridized carbons (Fsp3) is 0.200. The Kier molecular flexibility index (Phi) is 7.24. The lowest BCUT2D eigenvalue weighted by Crippen LogP contribution is -2.23. The molecule has 0 aliphatic rings. The van der Waals surface area contributed by atoms with Crippen molar-refractivity contribution in [2.24, 2.45) is 5.10 Å². The van der Waals surface area contributed by atoms with E-state index >= 15 is 0 Å². The Morgan fingerprint density at radius 2 is 1.87 bits per heavy atom. The molecule has 1 atom stereocenters. The minimum Gasteiger partial charge on any atom is -0.337 e. The van der Waals surface area contributed by atoms with Crippen molar-refractivity contribution in [3.05, 3.63) is 105 Å². The molecule has 3 aromatic carbocycles. The van der Waals surface area contributed by atoms with Crippen LogP contribution in [0.2, 0.25) is 0 Å². The van der Waals surface area contributed by atoms with Gasteiger partial charge >= 0.3 is 0 Å². The number of aromatic nitrogens is 3. The minimum absolute atomic E-state index is 0.0414. The van der Waals surface area contributed by atoms with Crippen LogP contribution in [-0.4, -0.2) is 26.3 Å². The Balaban J connectivity index is 1.52. The van der Waals surface area contributed by atoms with Crippen LogP contribution in [0.25, 0.3) is 21.8 Å². The van der Waals surface area contributed by atoms with E-state index in [9.17, 15) is 9.59 Å². The molecule has 0 aliphatic heterocycles. The highest BCUT2D eigenvalue weighted by atomic mass is 79.9. The van der Waals surface area contributed by atoms with Gasteiger partial charge in [0.15, 0.2) is 0 Å². The number of nitrogens with zero attached hydrogens (tertiary/aromatic N) is 4. The summed E-state index contributed by atoms with van der Waals surface area (Å²) in [4.78, 5) is 31.1. The molecule has 0 unspecified atom stereocenters. The van der Waals surface area contributed by atoms with Crippen LogP contribution < -0.4 is 10.9 Å². The number of benzene rings is 3. The molecule has 8 heteroatoms. The Morgan fingerprint density at radius 3 is 2.63 bits per heavy atom. The topological polar surface area (TPSA) is 81.3 Å². The Labute approximate surface area is 229 Å². The summed E-state index contributed by atoms with van der Waals surface area (Å²) in [5.74, 6) is 0.530. The molecule has 2 heterocycles. The second-order valence-electron chi connectivity index (χ2n) is 9.45. The number of aryl methyl sites for hydroxylation is 1. The van der Waals surface area contributed by atoms with Crippen molar-refractivity contribution in [3.63, 3.8) is 0 Å². The van der Waals surface area contributed by atoms with Crippen LogP contribution in [0.5, 0.6) is 0 Å². The summed E-state index contributed by atoms with van der Waals surface area (Å²) < 4.78 is 4.11. The van der Waals surface area contributed by atoms with Crippen molar-refractivity contribution < 1.29 is 4.79 Å². The van der Waals surface area contributed by atoms with Gasteiger partial charge in [0.25, 0.3) is 5.56 Å². The van der Waals surface area contributed by atoms with Crippen LogP contribution in [0, 0.1) is 6.92 Å². The number of halogens is 1. The predicted molar refractivity (Wildman–Crippen MR) is 157 cm³/mol. The zero-order valence-corrected chi connectivity index (χ0v) is 23.1. The van der Waals surface area contributed by atoms with Crippen molar-refractivity contribution in [1.29, 1.82) is 0 Å². The van der Waals surface area contributed by atoms with E-state index in [1.165, 1.54) is 4.68 Å². The number of para-hydroxylation sites is 1. The van der Waals surface area contributed by atoms with E-state index in [4.69, 9.17) is 4.98 Å². The van der Waals surface area contributed by atoms with Crippen LogP contribution in [0.1, 0.15) is 43.1 Å². The van der Waals surface area contributed by atoms with Gasteiger partial charge in [-0.1, -0.05) is 65.7 Å². The van der Waals surface area contributed by atoms with Crippen LogP contribution in [-0.2, 0) is 11.3 Å². The lowest BCUT2D eigenvalue weighted by atomic mass is 10.1. The van der Waals surface area contributed by atoms with Gasteiger partial charge in [0.2, 0.25) is 5.91 Å². The molecule has 0 fully saturated rings. The number of nitrogens with one attached hydrogen (secondary N) is 1. The molecule has 192 valence electrons. The third-order valence-electron chi connectivity index (χ3n) is 6.67. The lowest BCUT2D eigenvalue weighted by Gasteiger charge is -2.13. The molecule has 1 N–H and O–H groups in total. The summed E-state index contributed by atoms with van der Waals surface area (Å²) in [6.45, 7) is 6.25. The van der Waals surface area contributed by atoms with Crippen molar-refractivity contribution in [2.45, 2.75) is 39.7 Å². The molecule has 5 aromatic rings. The first kappa shape index (κ1) is 25.6. The second-order valence-corrected chi connectivity index (χ2v) is 10.4. The van der Waals surface area contributed by atoms with Gasteiger partial charge in [-0.05, 0) is 49.7 Å². The third-order valence-corrected chi connectivity index (χ3v) is 7.16. The number of anilines is 1. The SMILES string of the molecule is CC[C@@H](C)c1nc2ccc(Br)cc2c(=O)n1N=Cc1cn(CC(=O)Nc2ccc(C)cc2)c2ccccc12. The van der Waals surface area contributed by atoms with Crippen LogP contribution in [0.15, 0.2) is 87.3 Å². The molecular formula is C30H28BrN5O2. The zero-order chi connectivity index (χ0) is 26.8. The summed E-state index contributed by atoms with van der Waals surface area (Å²) in [6, 6.07) is 21.0. The lowest BCUT2D eigenvalue weighted by molar-refractivity contribution is -0.116. The van der Waals surface area contributed by atoms with E-state index in [-0.39, 0.29) is 23.9 Å².